The van der Waals surface area contributed by atoms with Gasteiger partial charge in [0.2, 0.25) is 0 Å². The maximum absolute atomic E-state index is 5.46. The van der Waals surface area contributed by atoms with Crippen LogP contribution in [0.1, 0.15) is 20.3 Å². The van der Waals surface area contributed by atoms with Crippen molar-refractivity contribution in [1.82, 2.24) is 5.32 Å². The van der Waals surface area contributed by atoms with Crippen molar-refractivity contribution >= 4 is 0 Å². The van der Waals surface area contributed by atoms with Crippen LogP contribution in [-0.2, 0) is 9.47 Å². The van der Waals surface area contributed by atoms with Crippen LogP contribution in [0.15, 0.2) is 12.2 Å². The molecule has 3 heteroatoms. The molecule has 0 spiro atoms. The minimum Gasteiger partial charge on any atom is -0.382 e. The standard InChI is InChI=1S/C11H23NO2/c1-5-12-11(8-10(2)3)9-14-7-6-13-4/h11-12H,2,5-9H2,1,3-4H3. The largest absolute Gasteiger partial charge is 0.382 e. The van der Waals surface area contributed by atoms with Crippen LogP contribution in [0.25, 0.3) is 0 Å². The lowest BCUT2D eigenvalue weighted by Gasteiger charge is -2.17. The molecule has 0 aromatic rings. The molecule has 1 atom stereocenters. The summed E-state index contributed by atoms with van der Waals surface area (Å²) in [5, 5.41) is 3.36. The number of hydrogen-bond donors (Lipinski definition) is 1. The Hall–Kier alpha value is -0.380. The maximum Gasteiger partial charge on any atom is 0.0701 e. The second-order valence-corrected chi connectivity index (χ2v) is 3.48. The van der Waals surface area contributed by atoms with Crippen molar-refractivity contribution in [3.05, 3.63) is 12.2 Å². The molecule has 14 heavy (non-hydrogen) atoms. The summed E-state index contributed by atoms with van der Waals surface area (Å²) in [5.74, 6) is 0. The lowest BCUT2D eigenvalue weighted by molar-refractivity contribution is 0.0590. The average molecular weight is 201 g/mol. The van der Waals surface area contributed by atoms with Gasteiger partial charge in [0.15, 0.2) is 0 Å². The van der Waals surface area contributed by atoms with Gasteiger partial charge in [-0.1, -0.05) is 12.5 Å². The van der Waals surface area contributed by atoms with Gasteiger partial charge in [0.25, 0.3) is 0 Å². The predicted octanol–water partition coefficient (Wildman–Crippen LogP) is 1.59. The van der Waals surface area contributed by atoms with Gasteiger partial charge < -0.3 is 14.8 Å². The SMILES string of the molecule is C=C(C)CC(COCCOC)NCC. The van der Waals surface area contributed by atoms with Gasteiger partial charge in [-0.15, -0.1) is 6.58 Å². The van der Waals surface area contributed by atoms with Gasteiger partial charge in [-0.3, -0.25) is 0 Å². The lowest BCUT2D eigenvalue weighted by atomic mass is 10.1. The van der Waals surface area contributed by atoms with E-state index in [-0.39, 0.29) is 0 Å². The van der Waals surface area contributed by atoms with Crippen LogP contribution in [0.4, 0.5) is 0 Å². The zero-order valence-electron chi connectivity index (χ0n) is 9.64. The van der Waals surface area contributed by atoms with Crippen molar-refractivity contribution < 1.29 is 9.47 Å². The van der Waals surface area contributed by atoms with Crippen molar-refractivity contribution in [2.45, 2.75) is 26.3 Å². The second kappa shape index (κ2) is 9.19. The van der Waals surface area contributed by atoms with E-state index in [0.29, 0.717) is 19.3 Å². The Bertz CT molecular complexity index is 148. The molecule has 0 amide bonds. The fraction of sp³-hybridized carbons (Fsp3) is 0.818. The summed E-state index contributed by atoms with van der Waals surface area (Å²) in [5.41, 5.74) is 1.19. The summed E-state index contributed by atoms with van der Waals surface area (Å²) < 4.78 is 10.4. The summed E-state index contributed by atoms with van der Waals surface area (Å²) in [6.45, 7) is 11.1. The molecule has 3 nitrogen and oxygen atoms in total. The van der Waals surface area contributed by atoms with Crippen LogP contribution in [0.2, 0.25) is 0 Å². The highest BCUT2D eigenvalue weighted by Crippen LogP contribution is 2.02. The molecule has 84 valence electrons. The van der Waals surface area contributed by atoms with E-state index in [4.69, 9.17) is 9.47 Å². The fourth-order valence-corrected chi connectivity index (χ4v) is 1.27. The molecule has 0 aliphatic heterocycles. The number of ether oxygens (including phenoxy) is 2. The molecule has 0 fully saturated rings. The summed E-state index contributed by atoms with van der Waals surface area (Å²) in [6, 6.07) is 0.384. The van der Waals surface area contributed by atoms with E-state index in [1.54, 1.807) is 7.11 Å². The van der Waals surface area contributed by atoms with E-state index in [9.17, 15) is 0 Å². The van der Waals surface area contributed by atoms with Gasteiger partial charge in [0.05, 0.1) is 19.8 Å². The van der Waals surface area contributed by atoms with Crippen LogP contribution in [0, 0.1) is 0 Å². The van der Waals surface area contributed by atoms with Crippen LogP contribution in [-0.4, -0.2) is 39.5 Å². The van der Waals surface area contributed by atoms with Gasteiger partial charge in [-0.25, -0.2) is 0 Å². The molecular formula is C11H23NO2. The number of rotatable bonds is 9. The fourth-order valence-electron chi connectivity index (χ4n) is 1.27. The first-order chi connectivity index (χ1) is 6.70. The Morgan fingerprint density at radius 1 is 1.43 bits per heavy atom. The van der Waals surface area contributed by atoms with Gasteiger partial charge in [0.1, 0.15) is 0 Å². The molecule has 0 heterocycles. The Balaban J connectivity index is 3.56. The molecule has 1 unspecified atom stereocenters. The third kappa shape index (κ3) is 8.23. The van der Waals surface area contributed by atoms with Gasteiger partial charge >= 0.3 is 0 Å². The highest BCUT2D eigenvalue weighted by atomic mass is 16.5. The van der Waals surface area contributed by atoms with Crippen molar-refractivity contribution in [3.63, 3.8) is 0 Å². The summed E-state index contributed by atoms with van der Waals surface area (Å²) in [7, 11) is 1.68. The molecule has 0 aromatic carbocycles. The molecule has 0 aliphatic carbocycles. The second-order valence-electron chi connectivity index (χ2n) is 3.48. The Kier molecular flexibility index (Phi) is 8.94. The van der Waals surface area contributed by atoms with E-state index < -0.39 is 0 Å². The third-order valence-electron chi connectivity index (χ3n) is 1.84. The van der Waals surface area contributed by atoms with E-state index in [1.807, 2.05) is 6.92 Å². The molecule has 0 aromatic heterocycles. The molecule has 0 saturated carbocycles. The maximum atomic E-state index is 5.46. The highest BCUT2D eigenvalue weighted by molar-refractivity contribution is 4.92. The molecule has 0 aliphatic rings. The Morgan fingerprint density at radius 3 is 2.64 bits per heavy atom. The zero-order chi connectivity index (χ0) is 10.8. The molecule has 0 saturated heterocycles. The molecular weight excluding hydrogens is 178 g/mol. The Labute approximate surface area is 87.5 Å². The van der Waals surface area contributed by atoms with E-state index in [0.717, 1.165) is 19.6 Å². The number of methoxy groups -OCH3 is 1. The lowest BCUT2D eigenvalue weighted by Crippen LogP contribution is -2.33. The topological polar surface area (TPSA) is 30.5 Å². The first-order valence-corrected chi connectivity index (χ1v) is 5.15. The van der Waals surface area contributed by atoms with E-state index in [2.05, 4.69) is 18.8 Å². The first-order valence-electron chi connectivity index (χ1n) is 5.15. The number of nitrogens with one attached hydrogen (secondary N) is 1. The van der Waals surface area contributed by atoms with E-state index >= 15 is 0 Å². The quantitative estimate of drug-likeness (QED) is 0.454. The average Bonchev–Trinajstić information content (AvgIpc) is 2.12. The summed E-state index contributed by atoms with van der Waals surface area (Å²) in [6.07, 6.45) is 0.973. The Morgan fingerprint density at radius 2 is 2.14 bits per heavy atom. The van der Waals surface area contributed by atoms with E-state index in [1.165, 1.54) is 5.57 Å². The van der Waals surface area contributed by atoms with Crippen LogP contribution in [0.5, 0.6) is 0 Å². The summed E-state index contributed by atoms with van der Waals surface area (Å²) in [4.78, 5) is 0. The van der Waals surface area contributed by atoms with Crippen molar-refractivity contribution in [2.24, 2.45) is 0 Å². The van der Waals surface area contributed by atoms with Crippen molar-refractivity contribution in [3.8, 4) is 0 Å². The molecule has 1 N–H and O–H groups in total. The minimum absolute atomic E-state index is 0.384. The highest BCUT2D eigenvalue weighted by Gasteiger charge is 2.06. The third-order valence-corrected chi connectivity index (χ3v) is 1.84. The predicted molar refractivity (Wildman–Crippen MR) is 59.6 cm³/mol. The zero-order valence-corrected chi connectivity index (χ0v) is 9.64. The molecule has 0 rings (SSSR count). The molecule has 0 radical (unpaired) electrons. The monoisotopic (exact) mass is 201 g/mol. The van der Waals surface area contributed by atoms with Gasteiger partial charge in [0, 0.05) is 13.2 Å². The smallest absolute Gasteiger partial charge is 0.0701 e. The van der Waals surface area contributed by atoms with Gasteiger partial charge in [-0.2, -0.15) is 0 Å². The first kappa shape index (κ1) is 13.6. The summed E-state index contributed by atoms with van der Waals surface area (Å²) >= 11 is 0. The minimum atomic E-state index is 0.384. The van der Waals surface area contributed by atoms with Crippen LogP contribution >= 0.6 is 0 Å². The number of hydrogen-bond acceptors (Lipinski definition) is 3. The van der Waals surface area contributed by atoms with Crippen LogP contribution in [0.3, 0.4) is 0 Å². The molecule has 0 bridgehead atoms. The van der Waals surface area contributed by atoms with Crippen molar-refractivity contribution in [1.29, 1.82) is 0 Å². The van der Waals surface area contributed by atoms with Crippen LogP contribution < -0.4 is 5.32 Å². The van der Waals surface area contributed by atoms with Gasteiger partial charge in [-0.05, 0) is 19.9 Å². The normalized spacial score (nSPS) is 12.8. The number of likely N-dealkylation sites (N-methyl/N-ethyl adjacent to an activating group) is 1. The van der Waals surface area contributed by atoms with Crippen molar-refractivity contribution in [2.75, 3.05) is 33.5 Å².